The molecule has 0 fully saturated rings. The van der Waals surface area contributed by atoms with Crippen molar-refractivity contribution in [2.75, 3.05) is 19.0 Å². The Morgan fingerprint density at radius 2 is 2.08 bits per heavy atom. The van der Waals surface area contributed by atoms with E-state index in [9.17, 15) is 4.79 Å². The summed E-state index contributed by atoms with van der Waals surface area (Å²) in [6.07, 6.45) is 0.904. The van der Waals surface area contributed by atoms with E-state index < -0.39 is 0 Å². The van der Waals surface area contributed by atoms with E-state index in [4.69, 9.17) is 21.1 Å². The average Bonchev–Trinajstić information content (AvgIpc) is 2.55. The van der Waals surface area contributed by atoms with Gasteiger partial charge in [-0.2, -0.15) is 0 Å². The van der Waals surface area contributed by atoms with Crippen LogP contribution in [-0.2, 0) is 0 Å². The molecule has 25 heavy (non-hydrogen) atoms. The van der Waals surface area contributed by atoms with Crippen molar-refractivity contribution in [2.24, 2.45) is 5.92 Å². The van der Waals surface area contributed by atoms with Gasteiger partial charge >= 0.3 is 0 Å². The third kappa shape index (κ3) is 5.36. The molecule has 0 aliphatic heterocycles. The minimum absolute atomic E-state index is 0.313. The Kier molecular flexibility index (Phi) is 6.65. The van der Waals surface area contributed by atoms with Crippen molar-refractivity contribution in [1.29, 1.82) is 0 Å². The summed E-state index contributed by atoms with van der Waals surface area (Å²) in [4.78, 5) is 16.7. The smallest absolute Gasteiger partial charge is 0.257 e. The summed E-state index contributed by atoms with van der Waals surface area (Å²) in [5.41, 5.74) is 1.20. The number of hydrogen-bond donors (Lipinski definition) is 1. The summed E-state index contributed by atoms with van der Waals surface area (Å²) in [7, 11) is 1.52. The van der Waals surface area contributed by atoms with Crippen molar-refractivity contribution in [3.05, 3.63) is 46.6 Å². The molecule has 6 heteroatoms. The highest BCUT2D eigenvalue weighted by molar-refractivity contribution is 6.32. The Morgan fingerprint density at radius 3 is 2.72 bits per heavy atom. The molecule has 0 saturated carbocycles. The number of methoxy groups -OCH3 is 1. The molecular weight excluding hydrogens is 340 g/mol. The summed E-state index contributed by atoms with van der Waals surface area (Å²) in [6, 6.07) is 8.60. The number of carbonyl (C=O) groups excluding carboxylic acids is 1. The van der Waals surface area contributed by atoms with Gasteiger partial charge in [-0.25, -0.2) is 4.98 Å². The fourth-order valence-corrected chi connectivity index (χ4v) is 2.45. The van der Waals surface area contributed by atoms with Crippen LogP contribution in [0.2, 0.25) is 5.02 Å². The van der Waals surface area contributed by atoms with Crippen LogP contribution in [0, 0.1) is 12.8 Å². The maximum atomic E-state index is 12.5. The molecule has 0 aliphatic carbocycles. The van der Waals surface area contributed by atoms with Gasteiger partial charge in [0.25, 0.3) is 5.91 Å². The van der Waals surface area contributed by atoms with Gasteiger partial charge in [-0.15, -0.1) is 0 Å². The highest BCUT2D eigenvalue weighted by atomic mass is 35.5. The lowest BCUT2D eigenvalue weighted by molar-refractivity contribution is 0.102. The molecule has 0 aliphatic rings. The first-order chi connectivity index (χ1) is 11.9. The summed E-state index contributed by atoms with van der Waals surface area (Å²) >= 11 is 6.30. The van der Waals surface area contributed by atoms with Crippen LogP contribution in [0.15, 0.2) is 30.3 Å². The van der Waals surface area contributed by atoms with E-state index in [-0.39, 0.29) is 5.91 Å². The molecule has 0 radical (unpaired) electrons. The number of amides is 1. The average molecular weight is 363 g/mol. The molecule has 2 aromatic rings. The standard InChI is InChI=1S/C19H23ClN2O3/c1-12(2)8-9-25-18-15(20)10-14(11-16(18)24-4)19(23)22-17-7-5-6-13(3)21-17/h5-7,10-12H,8-9H2,1-4H3,(H,21,22,23). The zero-order valence-electron chi connectivity index (χ0n) is 14.9. The van der Waals surface area contributed by atoms with Gasteiger partial charge in [0.15, 0.2) is 11.5 Å². The summed E-state index contributed by atoms with van der Waals surface area (Å²) in [5.74, 6) is 1.58. The lowest BCUT2D eigenvalue weighted by atomic mass is 10.1. The number of hydrogen-bond acceptors (Lipinski definition) is 4. The first kappa shape index (κ1) is 19.1. The largest absolute Gasteiger partial charge is 0.493 e. The Hall–Kier alpha value is -2.27. The molecule has 0 spiro atoms. The number of aromatic nitrogens is 1. The zero-order chi connectivity index (χ0) is 18.4. The fraction of sp³-hybridized carbons (Fsp3) is 0.368. The van der Waals surface area contributed by atoms with E-state index in [0.29, 0.717) is 40.4 Å². The maximum absolute atomic E-state index is 12.5. The van der Waals surface area contributed by atoms with E-state index in [1.54, 1.807) is 18.2 Å². The lowest BCUT2D eigenvalue weighted by Gasteiger charge is -2.15. The monoisotopic (exact) mass is 362 g/mol. The van der Waals surface area contributed by atoms with Crippen LogP contribution in [0.25, 0.3) is 0 Å². The van der Waals surface area contributed by atoms with Crippen LogP contribution in [-0.4, -0.2) is 24.6 Å². The normalized spacial score (nSPS) is 10.6. The van der Waals surface area contributed by atoms with Gasteiger partial charge in [0, 0.05) is 11.3 Å². The molecule has 134 valence electrons. The quantitative estimate of drug-likeness (QED) is 0.773. The van der Waals surface area contributed by atoms with E-state index in [1.165, 1.54) is 7.11 Å². The van der Waals surface area contributed by atoms with Crippen LogP contribution in [0.5, 0.6) is 11.5 Å². The van der Waals surface area contributed by atoms with Crippen LogP contribution < -0.4 is 14.8 Å². The number of halogens is 1. The minimum atomic E-state index is -0.313. The molecule has 1 aromatic carbocycles. The van der Waals surface area contributed by atoms with Crippen molar-refractivity contribution >= 4 is 23.3 Å². The number of nitrogens with zero attached hydrogens (tertiary/aromatic N) is 1. The predicted octanol–water partition coefficient (Wildman–Crippen LogP) is 4.73. The van der Waals surface area contributed by atoms with Gasteiger partial charge in [0.1, 0.15) is 5.82 Å². The van der Waals surface area contributed by atoms with Crippen LogP contribution in [0.4, 0.5) is 5.82 Å². The number of carbonyl (C=O) groups is 1. The van der Waals surface area contributed by atoms with Crippen molar-refractivity contribution in [3.8, 4) is 11.5 Å². The SMILES string of the molecule is COc1cc(C(=O)Nc2cccc(C)n2)cc(Cl)c1OCCC(C)C. The van der Waals surface area contributed by atoms with Crippen molar-refractivity contribution in [3.63, 3.8) is 0 Å². The van der Waals surface area contributed by atoms with E-state index >= 15 is 0 Å². The zero-order valence-corrected chi connectivity index (χ0v) is 15.7. The number of nitrogens with one attached hydrogen (secondary N) is 1. The molecule has 0 saturated heterocycles. The number of benzene rings is 1. The van der Waals surface area contributed by atoms with Gasteiger partial charge in [0.2, 0.25) is 0 Å². The molecule has 1 N–H and O–H groups in total. The highest BCUT2D eigenvalue weighted by Gasteiger charge is 2.16. The number of anilines is 1. The minimum Gasteiger partial charge on any atom is -0.493 e. The lowest BCUT2D eigenvalue weighted by Crippen LogP contribution is -2.14. The molecular formula is C19H23ClN2O3. The summed E-state index contributed by atoms with van der Waals surface area (Å²) in [6.45, 7) is 6.63. The topological polar surface area (TPSA) is 60.5 Å². The molecule has 1 heterocycles. The first-order valence-electron chi connectivity index (χ1n) is 8.16. The Morgan fingerprint density at radius 1 is 1.32 bits per heavy atom. The number of ether oxygens (including phenoxy) is 2. The van der Waals surface area contributed by atoms with Gasteiger partial charge in [0.05, 0.1) is 18.7 Å². The van der Waals surface area contributed by atoms with E-state index in [1.807, 2.05) is 19.1 Å². The molecule has 5 nitrogen and oxygen atoms in total. The first-order valence-corrected chi connectivity index (χ1v) is 8.54. The maximum Gasteiger partial charge on any atom is 0.257 e. The van der Waals surface area contributed by atoms with Gasteiger partial charge < -0.3 is 14.8 Å². The second-order valence-electron chi connectivity index (χ2n) is 6.14. The molecule has 0 atom stereocenters. The van der Waals surface area contributed by atoms with Gasteiger partial charge in [-0.05, 0) is 43.5 Å². The Balaban J connectivity index is 2.18. The highest BCUT2D eigenvalue weighted by Crippen LogP contribution is 2.36. The van der Waals surface area contributed by atoms with Gasteiger partial charge in [-0.1, -0.05) is 31.5 Å². The third-order valence-electron chi connectivity index (χ3n) is 3.56. The molecule has 0 unspecified atom stereocenters. The number of pyridine rings is 1. The van der Waals surface area contributed by atoms with Crippen molar-refractivity contribution < 1.29 is 14.3 Å². The Bertz CT molecular complexity index is 747. The molecule has 2 rings (SSSR count). The predicted molar refractivity (Wildman–Crippen MR) is 99.9 cm³/mol. The van der Waals surface area contributed by atoms with Crippen molar-refractivity contribution in [2.45, 2.75) is 27.2 Å². The number of rotatable bonds is 7. The summed E-state index contributed by atoms with van der Waals surface area (Å²) in [5, 5.41) is 3.09. The third-order valence-corrected chi connectivity index (χ3v) is 3.84. The van der Waals surface area contributed by atoms with Crippen LogP contribution in [0.3, 0.4) is 0 Å². The van der Waals surface area contributed by atoms with Crippen LogP contribution >= 0.6 is 11.6 Å². The Labute approximate surface area is 153 Å². The molecule has 1 aromatic heterocycles. The van der Waals surface area contributed by atoms with Crippen molar-refractivity contribution in [1.82, 2.24) is 4.98 Å². The van der Waals surface area contributed by atoms with E-state index in [0.717, 1.165) is 12.1 Å². The molecule has 1 amide bonds. The molecule has 0 bridgehead atoms. The second kappa shape index (κ2) is 8.72. The van der Waals surface area contributed by atoms with E-state index in [2.05, 4.69) is 24.1 Å². The van der Waals surface area contributed by atoms with Crippen LogP contribution in [0.1, 0.15) is 36.3 Å². The van der Waals surface area contributed by atoms with Gasteiger partial charge in [-0.3, -0.25) is 4.79 Å². The summed E-state index contributed by atoms with van der Waals surface area (Å²) < 4.78 is 11.1. The second-order valence-corrected chi connectivity index (χ2v) is 6.55. The fourth-order valence-electron chi connectivity index (χ4n) is 2.19. The number of aryl methyl sites for hydroxylation is 1.